The van der Waals surface area contributed by atoms with Crippen LogP contribution in [0.25, 0.3) is 0 Å². The Morgan fingerprint density at radius 1 is 1.57 bits per heavy atom. The molecule has 1 aromatic heterocycles. The van der Waals surface area contributed by atoms with E-state index in [-0.39, 0.29) is 0 Å². The predicted molar refractivity (Wildman–Crippen MR) is 57.8 cm³/mol. The van der Waals surface area contributed by atoms with Crippen LogP contribution in [0.3, 0.4) is 0 Å². The summed E-state index contributed by atoms with van der Waals surface area (Å²) < 4.78 is 1.98. The van der Waals surface area contributed by atoms with Crippen molar-refractivity contribution in [3.05, 3.63) is 11.9 Å². The first-order valence-electron chi connectivity index (χ1n) is 5.14. The smallest absolute Gasteiger partial charge is 0.101 e. The molecule has 0 unspecified atom stereocenters. The third-order valence-corrected chi connectivity index (χ3v) is 2.56. The molecule has 0 amide bonds. The second-order valence-electron chi connectivity index (χ2n) is 3.52. The Bertz CT molecular complexity index is 351. The lowest BCUT2D eigenvalue weighted by Crippen LogP contribution is -2.09. The molecule has 2 heterocycles. The van der Waals surface area contributed by atoms with Crippen molar-refractivity contribution in [2.75, 3.05) is 11.9 Å². The molecule has 0 saturated carbocycles. The van der Waals surface area contributed by atoms with Crippen molar-refractivity contribution in [1.82, 2.24) is 9.78 Å². The number of amidine groups is 1. The highest BCUT2D eigenvalue weighted by Crippen LogP contribution is 2.15. The summed E-state index contributed by atoms with van der Waals surface area (Å²) in [7, 11) is 0. The number of nitrogens with zero attached hydrogens (tertiary/aromatic N) is 3. The van der Waals surface area contributed by atoms with E-state index in [2.05, 4.69) is 29.3 Å². The second-order valence-corrected chi connectivity index (χ2v) is 3.52. The summed E-state index contributed by atoms with van der Waals surface area (Å²) in [6.07, 6.45) is 4.11. The topological polar surface area (TPSA) is 42.2 Å². The maximum absolute atomic E-state index is 4.38. The molecule has 1 N–H and O–H groups in total. The van der Waals surface area contributed by atoms with E-state index in [4.69, 9.17) is 0 Å². The standard InChI is InChI=1S/C10H16N4/c1-3-14-8(2)9(7-12-14)13-10-5-4-6-11-10/h7H,3-6H2,1-2H3,(H,11,13). The highest BCUT2D eigenvalue weighted by atomic mass is 15.3. The van der Waals surface area contributed by atoms with Crippen LogP contribution in [0.1, 0.15) is 25.5 Å². The van der Waals surface area contributed by atoms with Gasteiger partial charge in [0.15, 0.2) is 0 Å². The Morgan fingerprint density at radius 3 is 3.00 bits per heavy atom. The van der Waals surface area contributed by atoms with E-state index in [0.717, 1.165) is 31.0 Å². The van der Waals surface area contributed by atoms with Crippen LogP contribution in [0.4, 0.5) is 5.69 Å². The van der Waals surface area contributed by atoms with Crippen molar-refractivity contribution >= 4 is 11.5 Å². The number of hydrogen-bond acceptors (Lipinski definition) is 3. The van der Waals surface area contributed by atoms with E-state index in [0.29, 0.717) is 0 Å². The van der Waals surface area contributed by atoms with Gasteiger partial charge in [-0.3, -0.25) is 9.67 Å². The van der Waals surface area contributed by atoms with E-state index in [9.17, 15) is 0 Å². The summed E-state index contributed by atoms with van der Waals surface area (Å²) in [5, 5.41) is 7.61. The fraction of sp³-hybridized carbons (Fsp3) is 0.600. The van der Waals surface area contributed by atoms with Crippen molar-refractivity contribution in [3.63, 3.8) is 0 Å². The number of aromatic nitrogens is 2. The molecule has 4 heteroatoms. The van der Waals surface area contributed by atoms with Gasteiger partial charge in [0, 0.05) is 19.5 Å². The SMILES string of the molecule is CCn1ncc(NC2=NCCC2)c1C. The molecule has 0 radical (unpaired) electrons. The number of aryl methyl sites for hydroxylation is 1. The van der Waals surface area contributed by atoms with Gasteiger partial charge in [0.2, 0.25) is 0 Å². The molecule has 2 rings (SSSR count). The van der Waals surface area contributed by atoms with Crippen LogP contribution in [-0.2, 0) is 6.54 Å². The van der Waals surface area contributed by atoms with Crippen LogP contribution in [0, 0.1) is 6.92 Å². The minimum atomic E-state index is 0.917. The first-order chi connectivity index (χ1) is 6.81. The van der Waals surface area contributed by atoms with Crippen molar-refractivity contribution in [2.24, 2.45) is 4.99 Å². The van der Waals surface area contributed by atoms with Crippen molar-refractivity contribution in [2.45, 2.75) is 33.2 Å². The van der Waals surface area contributed by atoms with Crippen molar-refractivity contribution < 1.29 is 0 Å². The molecule has 0 fully saturated rings. The van der Waals surface area contributed by atoms with Gasteiger partial charge in [0.1, 0.15) is 5.84 Å². The lowest BCUT2D eigenvalue weighted by Gasteiger charge is -2.05. The molecule has 76 valence electrons. The molecule has 0 aromatic carbocycles. The number of hydrogen-bond donors (Lipinski definition) is 1. The molecule has 0 atom stereocenters. The van der Waals surface area contributed by atoms with E-state index in [1.165, 1.54) is 12.1 Å². The van der Waals surface area contributed by atoms with Gasteiger partial charge in [-0.05, 0) is 20.3 Å². The van der Waals surface area contributed by atoms with E-state index >= 15 is 0 Å². The fourth-order valence-corrected chi connectivity index (χ4v) is 1.69. The van der Waals surface area contributed by atoms with Crippen LogP contribution in [0.5, 0.6) is 0 Å². The monoisotopic (exact) mass is 192 g/mol. The number of aliphatic imine (C=N–C) groups is 1. The van der Waals surface area contributed by atoms with Gasteiger partial charge < -0.3 is 5.32 Å². The Balaban J connectivity index is 2.12. The minimum absolute atomic E-state index is 0.917. The summed E-state index contributed by atoms with van der Waals surface area (Å²) in [5.74, 6) is 1.10. The Hall–Kier alpha value is -1.32. The summed E-state index contributed by atoms with van der Waals surface area (Å²) in [6.45, 7) is 6.05. The highest BCUT2D eigenvalue weighted by Gasteiger charge is 2.10. The molecule has 1 aliphatic rings. The maximum atomic E-state index is 4.38. The third kappa shape index (κ3) is 1.64. The molecular weight excluding hydrogens is 176 g/mol. The first-order valence-corrected chi connectivity index (χ1v) is 5.14. The van der Waals surface area contributed by atoms with Crippen LogP contribution in [0.15, 0.2) is 11.2 Å². The Labute approximate surface area is 84.0 Å². The number of rotatable bonds is 2. The number of anilines is 1. The van der Waals surface area contributed by atoms with Gasteiger partial charge in [-0.15, -0.1) is 0 Å². The van der Waals surface area contributed by atoms with Crippen LogP contribution in [0.2, 0.25) is 0 Å². The molecule has 4 nitrogen and oxygen atoms in total. The summed E-state index contributed by atoms with van der Waals surface area (Å²) in [4.78, 5) is 4.38. The van der Waals surface area contributed by atoms with Gasteiger partial charge in [0.25, 0.3) is 0 Å². The molecule has 0 saturated heterocycles. The van der Waals surface area contributed by atoms with Gasteiger partial charge in [-0.25, -0.2) is 0 Å². The van der Waals surface area contributed by atoms with Crippen LogP contribution < -0.4 is 5.32 Å². The molecule has 0 spiro atoms. The first kappa shape index (κ1) is 9.24. The Kier molecular flexibility index (Phi) is 2.52. The van der Waals surface area contributed by atoms with Crippen LogP contribution in [-0.4, -0.2) is 22.2 Å². The van der Waals surface area contributed by atoms with E-state index < -0.39 is 0 Å². The molecule has 0 bridgehead atoms. The third-order valence-electron chi connectivity index (χ3n) is 2.56. The quantitative estimate of drug-likeness (QED) is 0.776. The lowest BCUT2D eigenvalue weighted by atomic mass is 10.3. The summed E-state index contributed by atoms with van der Waals surface area (Å²) in [6, 6.07) is 0. The summed E-state index contributed by atoms with van der Waals surface area (Å²) >= 11 is 0. The minimum Gasteiger partial charge on any atom is -0.341 e. The second kappa shape index (κ2) is 3.82. The molecule has 0 aliphatic carbocycles. The van der Waals surface area contributed by atoms with E-state index in [1.54, 1.807) is 0 Å². The summed E-state index contributed by atoms with van der Waals surface area (Å²) in [5.41, 5.74) is 2.27. The van der Waals surface area contributed by atoms with Gasteiger partial charge in [-0.2, -0.15) is 5.10 Å². The molecule has 1 aliphatic heterocycles. The zero-order valence-corrected chi connectivity index (χ0v) is 8.75. The highest BCUT2D eigenvalue weighted by molar-refractivity contribution is 5.96. The molecule has 1 aromatic rings. The van der Waals surface area contributed by atoms with Gasteiger partial charge in [0.05, 0.1) is 17.6 Å². The maximum Gasteiger partial charge on any atom is 0.101 e. The zero-order chi connectivity index (χ0) is 9.97. The molecule has 14 heavy (non-hydrogen) atoms. The van der Waals surface area contributed by atoms with Crippen LogP contribution >= 0.6 is 0 Å². The zero-order valence-electron chi connectivity index (χ0n) is 8.75. The Morgan fingerprint density at radius 2 is 2.43 bits per heavy atom. The van der Waals surface area contributed by atoms with Crippen molar-refractivity contribution in [3.8, 4) is 0 Å². The van der Waals surface area contributed by atoms with Gasteiger partial charge in [-0.1, -0.05) is 0 Å². The average Bonchev–Trinajstić information content (AvgIpc) is 2.79. The predicted octanol–water partition coefficient (Wildman–Crippen LogP) is 1.82. The largest absolute Gasteiger partial charge is 0.341 e. The average molecular weight is 192 g/mol. The number of nitrogens with one attached hydrogen (secondary N) is 1. The normalized spacial score (nSPS) is 15.7. The fourth-order valence-electron chi connectivity index (χ4n) is 1.69. The van der Waals surface area contributed by atoms with Gasteiger partial charge >= 0.3 is 0 Å². The van der Waals surface area contributed by atoms with Crippen molar-refractivity contribution in [1.29, 1.82) is 0 Å². The lowest BCUT2D eigenvalue weighted by molar-refractivity contribution is 0.640. The molecular formula is C10H16N4. The van der Waals surface area contributed by atoms with E-state index in [1.807, 2.05) is 10.9 Å².